The number of carboxylic acid groups (broad SMARTS) is 1. The Hall–Kier alpha value is -2.98. The van der Waals surface area contributed by atoms with Crippen LogP contribution in [0.25, 0.3) is 0 Å². The van der Waals surface area contributed by atoms with E-state index in [9.17, 15) is 29.4 Å². The topological polar surface area (TPSA) is 162 Å². The SMILES string of the molecule is CCC(C)C(NC(=O)C1CCCN1C(=O)C(N)C(C)O)C(=O)NC(Cc1ccccc1)C(=O)O. The average Bonchev–Trinajstić information content (AvgIpc) is 3.31. The fourth-order valence-electron chi connectivity index (χ4n) is 3.96. The van der Waals surface area contributed by atoms with Crippen molar-refractivity contribution in [2.45, 2.75) is 76.7 Å². The van der Waals surface area contributed by atoms with Crippen molar-refractivity contribution in [1.82, 2.24) is 15.5 Å². The lowest BCUT2D eigenvalue weighted by Gasteiger charge is -2.30. The number of nitrogens with two attached hydrogens (primary N) is 1. The van der Waals surface area contributed by atoms with Crippen LogP contribution in [-0.2, 0) is 25.6 Å². The smallest absolute Gasteiger partial charge is 0.326 e. The predicted molar refractivity (Wildman–Crippen MR) is 125 cm³/mol. The minimum absolute atomic E-state index is 0.102. The van der Waals surface area contributed by atoms with Gasteiger partial charge in [-0.25, -0.2) is 4.79 Å². The van der Waals surface area contributed by atoms with E-state index >= 15 is 0 Å². The van der Waals surface area contributed by atoms with Crippen molar-refractivity contribution in [2.24, 2.45) is 11.7 Å². The average molecular weight is 477 g/mol. The molecule has 0 saturated carbocycles. The number of benzene rings is 1. The monoisotopic (exact) mass is 476 g/mol. The first kappa shape index (κ1) is 27.3. The van der Waals surface area contributed by atoms with Gasteiger partial charge >= 0.3 is 5.97 Å². The second-order valence-corrected chi connectivity index (χ2v) is 8.92. The van der Waals surface area contributed by atoms with Crippen molar-refractivity contribution in [1.29, 1.82) is 0 Å². The molecule has 1 saturated heterocycles. The Morgan fingerprint density at radius 3 is 2.35 bits per heavy atom. The van der Waals surface area contributed by atoms with Gasteiger partial charge in [0.1, 0.15) is 24.2 Å². The van der Waals surface area contributed by atoms with Gasteiger partial charge in [0.05, 0.1) is 6.10 Å². The number of hydrogen-bond acceptors (Lipinski definition) is 6. The summed E-state index contributed by atoms with van der Waals surface area (Å²) in [4.78, 5) is 51.9. The summed E-state index contributed by atoms with van der Waals surface area (Å²) in [7, 11) is 0. The number of aliphatic hydroxyl groups is 1. The fraction of sp³-hybridized carbons (Fsp3) is 0.583. The third kappa shape index (κ3) is 7.01. The number of aliphatic carboxylic acids is 1. The van der Waals surface area contributed by atoms with E-state index in [-0.39, 0.29) is 12.3 Å². The van der Waals surface area contributed by atoms with Gasteiger partial charge in [0.2, 0.25) is 17.7 Å². The van der Waals surface area contributed by atoms with E-state index in [0.29, 0.717) is 25.8 Å². The minimum Gasteiger partial charge on any atom is -0.480 e. The number of likely N-dealkylation sites (tertiary alicyclic amines) is 1. The Kier molecular flexibility index (Phi) is 10.0. The number of amides is 3. The largest absolute Gasteiger partial charge is 0.480 e. The molecule has 188 valence electrons. The molecule has 1 aliphatic heterocycles. The first-order valence-corrected chi connectivity index (χ1v) is 11.7. The normalized spacial score (nSPS) is 20.0. The summed E-state index contributed by atoms with van der Waals surface area (Å²) in [6.07, 6.45) is 0.604. The highest BCUT2D eigenvalue weighted by molar-refractivity contribution is 5.94. The number of carboxylic acids is 1. The van der Waals surface area contributed by atoms with Crippen LogP contribution in [0.1, 0.15) is 45.6 Å². The van der Waals surface area contributed by atoms with Crippen LogP contribution in [0, 0.1) is 5.92 Å². The number of carbonyl (C=O) groups excluding carboxylic acids is 3. The van der Waals surface area contributed by atoms with Gasteiger partial charge in [-0.05, 0) is 31.2 Å². The molecule has 0 bridgehead atoms. The summed E-state index contributed by atoms with van der Waals surface area (Å²) in [5.74, 6) is -3.07. The van der Waals surface area contributed by atoms with Gasteiger partial charge in [0.15, 0.2) is 0 Å². The molecule has 1 fully saturated rings. The van der Waals surface area contributed by atoms with Crippen molar-refractivity contribution in [3.8, 4) is 0 Å². The standard InChI is InChI=1S/C24H36N4O6/c1-4-14(2)20(22(31)26-17(24(33)34)13-16-9-6-5-7-10-16)27-21(30)18-11-8-12-28(18)23(32)19(25)15(3)29/h5-7,9-10,14-15,17-20,29H,4,8,11-13,25H2,1-3H3,(H,26,31)(H,27,30)(H,33,34). The number of nitrogens with one attached hydrogen (secondary N) is 2. The lowest BCUT2D eigenvalue weighted by atomic mass is 9.96. The molecule has 6 unspecified atom stereocenters. The second-order valence-electron chi connectivity index (χ2n) is 8.92. The third-order valence-electron chi connectivity index (χ3n) is 6.33. The Labute approximate surface area is 199 Å². The van der Waals surface area contributed by atoms with Gasteiger partial charge in [-0.1, -0.05) is 50.6 Å². The van der Waals surface area contributed by atoms with E-state index in [0.717, 1.165) is 5.56 Å². The Morgan fingerprint density at radius 1 is 1.15 bits per heavy atom. The van der Waals surface area contributed by atoms with Gasteiger partial charge in [0.25, 0.3) is 0 Å². The highest BCUT2D eigenvalue weighted by Crippen LogP contribution is 2.20. The summed E-state index contributed by atoms with van der Waals surface area (Å²) in [6, 6.07) is 4.86. The molecule has 10 heteroatoms. The van der Waals surface area contributed by atoms with Crippen LogP contribution in [0.15, 0.2) is 30.3 Å². The van der Waals surface area contributed by atoms with Crippen LogP contribution < -0.4 is 16.4 Å². The summed E-state index contributed by atoms with van der Waals surface area (Å²) in [6.45, 7) is 5.39. The van der Waals surface area contributed by atoms with Crippen molar-refractivity contribution in [2.75, 3.05) is 6.54 Å². The van der Waals surface area contributed by atoms with E-state index in [4.69, 9.17) is 5.73 Å². The van der Waals surface area contributed by atoms with Crippen LogP contribution in [0.4, 0.5) is 0 Å². The highest BCUT2D eigenvalue weighted by Gasteiger charge is 2.39. The van der Waals surface area contributed by atoms with Gasteiger partial charge in [-0.15, -0.1) is 0 Å². The first-order valence-electron chi connectivity index (χ1n) is 11.7. The Balaban J connectivity index is 2.13. The van der Waals surface area contributed by atoms with E-state index in [2.05, 4.69) is 10.6 Å². The van der Waals surface area contributed by atoms with Crippen molar-refractivity contribution < 1.29 is 29.4 Å². The number of rotatable bonds is 11. The second kappa shape index (κ2) is 12.5. The molecule has 34 heavy (non-hydrogen) atoms. The maximum absolute atomic E-state index is 13.1. The molecule has 0 aliphatic carbocycles. The molecule has 2 rings (SSSR count). The van der Waals surface area contributed by atoms with Crippen LogP contribution in [0.2, 0.25) is 0 Å². The predicted octanol–water partition coefficient (Wildman–Crippen LogP) is 0.0285. The van der Waals surface area contributed by atoms with E-state index in [1.54, 1.807) is 31.2 Å². The third-order valence-corrected chi connectivity index (χ3v) is 6.33. The molecule has 10 nitrogen and oxygen atoms in total. The molecule has 6 atom stereocenters. The number of aliphatic hydroxyl groups excluding tert-OH is 1. The molecule has 0 spiro atoms. The summed E-state index contributed by atoms with van der Waals surface area (Å²) in [5, 5.41) is 24.6. The molecule has 0 radical (unpaired) electrons. The van der Waals surface area contributed by atoms with Crippen molar-refractivity contribution in [3.63, 3.8) is 0 Å². The van der Waals surface area contributed by atoms with Gasteiger partial charge in [-0.2, -0.15) is 0 Å². The highest BCUT2D eigenvalue weighted by atomic mass is 16.4. The molecular weight excluding hydrogens is 440 g/mol. The van der Waals surface area contributed by atoms with E-state index in [1.165, 1.54) is 11.8 Å². The minimum atomic E-state index is -1.17. The van der Waals surface area contributed by atoms with E-state index < -0.39 is 54.0 Å². The summed E-state index contributed by atoms with van der Waals surface area (Å²) in [5.41, 5.74) is 6.53. The molecule has 0 aromatic heterocycles. The zero-order chi connectivity index (χ0) is 25.4. The van der Waals surface area contributed by atoms with Crippen LogP contribution in [-0.4, -0.2) is 75.6 Å². The van der Waals surface area contributed by atoms with Crippen molar-refractivity contribution in [3.05, 3.63) is 35.9 Å². The van der Waals surface area contributed by atoms with E-state index in [1.807, 2.05) is 13.0 Å². The number of nitrogens with zero attached hydrogens (tertiary/aromatic N) is 1. The van der Waals surface area contributed by atoms with Crippen LogP contribution in [0.5, 0.6) is 0 Å². The summed E-state index contributed by atoms with van der Waals surface area (Å²) >= 11 is 0. The molecule has 1 aromatic carbocycles. The zero-order valence-electron chi connectivity index (χ0n) is 19.9. The molecule has 1 aromatic rings. The molecule has 1 aliphatic rings. The Bertz CT molecular complexity index is 862. The quantitative estimate of drug-likeness (QED) is 0.301. The van der Waals surface area contributed by atoms with Crippen molar-refractivity contribution >= 4 is 23.7 Å². The Morgan fingerprint density at radius 2 is 1.79 bits per heavy atom. The summed E-state index contributed by atoms with van der Waals surface area (Å²) < 4.78 is 0. The lowest BCUT2D eigenvalue weighted by Crippen LogP contribution is -2.59. The van der Waals surface area contributed by atoms with Crippen LogP contribution in [0.3, 0.4) is 0 Å². The molecule has 6 N–H and O–H groups in total. The first-order chi connectivity index (χ1) is 16.1. The number of carbonyl (C=O) groups is 4. The number of hydrogen-bond donors (Lipinski definition) is 5. The fourth-order valence-corrected chi connectivity index (χ4v) is 3.96. The van der Waals surface area contributed by atoms with Gasteiger partial charge in [-0.3, -0.25) is 14.4 Å². The maximum atomic E-state index is 13.1. The molecule has 3 amide bonds. The van der Waals surface area contributed by atoms with Crippen LogP contribution >= 0.6 is 0 Å². The maximum Gasteiger partial charge on any atom is 0.326 e. The molecular formula is C24H36N4O6. The van der Waals surface area contributed by atoms with Gasteiger partial charge in [0, 0.05) is 13.0 Å². The lowest BCUT2D eigenvalue weighted by molar-refractivity contribution is -0.144. The zero-order valence-corrected chi connectivity index (χ0v) is 19.9. The molecule has 1 heterocycles. The van der Waals surface area contributed by atoms with Gasteiger partial charge < -0.3 is 31.5 Å².